The number of benzene rings is 2. The Bertz CT molecular complexity index is 647. The summed E-state index contributed by atoms with van der Waals surface area (Å²) in [5.74, 6) is 0.635. The van der Waals surface area contributed by atoms with Crippen molar-refractivity contribution in [3.63, 3.8) is 0 Å². The van der Waals surface area contributed by atoms with Gasteiger partial charge >= 0.3 is 0 Å². The number of hydrogen-bond acceptors (Lipinski definition) is 3. The lowest BCUT2D eigenvalue weighted by atomic mass is 10.2. The van der Waals surface area contributed by atoms with Crippen molar-refractivity contribution in [2.24, 2.45) is 4.99 Å². The van der Waals surface area contributed by atoms with Crippen molar-refractivity contribution in [2.75, 3.05) is 7.11 Å². The lowest BCUT2D eigenvalue weighted by Crippen LogP contribution is -1.95. The zero-order valence-corrected chi connectivity index (χ0v) is 11.4. The maximum atomic E-state index is 5.34. The summed E-state index contributed by atoms with van der Waals surface area (Å²) in [5.41, 5.74) is 2.13. The van der Waals surface area contributed by atoms with Crippen LogP contribution in [-0.4, -0.2) is 13.0 Å². The minimum absolute atomic E-state index is 0.635. The van der Waals surface area contributed by atoms with E-state index >= 15 is 0 Å². The lowest BCUT2D eigenvalue weighted by molar-refractivity contribution is 0.407. The first kappa shape index (κ1) is 12.1. The van der Waals surface area contributed by atoms with Crippen LogP contribution in [0.15, 0.2) is 70.6 Å². The second-order valence-electron chi connectivity index (χ2n) is 4.10. The molecule has 2 aromatic carbocycles. The van der Waals surface area contributed by atoms with Crippen molar-refractivity contribution in [3.05, 3.63) is 66.2 Å². The third-order valence-electron chi connectivity index (χ3n) is 2.84. The number of hydrogen-bond donors (Lipinski definition) is 0. The van der Waals surface area contributed by atoms with Crippen molar-refractivity contribution >= 4 is 28.3 Å². The minimum atomic E-state index is 0.635. The predicted octanol–water partition coefficient (Wildman–Crippen LogP) is 4.51. The number of thioether (sulfide) groups is 1. The zero-order valence-electron chi connectivity index (χ0n) is 10.5. The molecule has 3 heteroatoms. The Morgan fingerprint density at radius 1 is 0.947 bits per heavy atom. The molecule has 0 unspecified atom stereocenters. The van der Waals surface area contributed by atoms with Gasteiger partial charge in [0, 0.05) is 15.9 Å². The summed E-state index contributed by atoms with van der Waals surface area (Å²) in [7, 11) is 1.65. The summed E-state index contributed by atoms with van der Waals surface area (Å²) in [4.78, 5) is 6.82. The van der Waals surface area contributed by atoms with Crippen molar-refractivity contribution < 1.29 is 4.74 Å². The molecule has 0 bridgehead atoms. The van der Waals surface area contributed by atoms with Gasteiger partial charge in [-0.2, -0.15) is 0 Å². The molecule has 0 radical (unpaired) electrons. The molecule has 0 saturated heterocycles. The SMILES string of the molecule is COC1=Nc2ccccc2SC(c2ccccc2)=C1. The van der Waals surface area contributed by atoms with Gasteiger partial charge in [-0.1, -0.05) is 54.2 Å². The fraction of sp³-hybridized carbons (Fsp3) is 0.0625. The number of ether oxygens (including phenoxy) is 1. The summed E-state index contributed by atoms with van der Waals surface area (Å²) in [6.07, 6.45) is 1.99. The van der Waals surface area contributed by atoms with Crippen molar-refractivity contribution in [1.29, 1.82) is 0 Å². The number of para-hydroxylation sites is 1. The Morgan fingerprint density at radius 2 is 1.68 bits per heavy atom. The summed E-state index contributed by atoms with van der Waals surface area (Å²) in [5, 5.41) is 0. The molecular weight excluding hydrogens is 254 g/mol. The van der Waals surface area contributed by atoms with Gasteiger partial charge in [-0.15, -0.1) is 0 Å². The van der Waals surface area contributed by atoms with Gasteiger partial charge in [0.15, 0.2) is 0 Å². The van der Waals surface area contributed by atoms with E-state index in [0.717, 1.165) is 15.5 Å². The van der Waals surface area contributed by atoms with Crippen LogP contribution in [-0.2, 0) is 4.74 Å². The van der Waals surface area contributed by atoms with E-state index in [1.807, 2.05) is 42.5 Å². The van der Waals surface area contributed by atoms with Gasteiger partial charge in [0.25, 0.3) is 0 Å². The highest BCUT2D eigenvalue weighted by molar-refractivity contribution is 8.08. The topological polar surface area (TPSA) is 21.6 Å². The van der Waals surface area contributed by atoms with Crippen LogP contribution in [0.25, 0.3) is 4.91 Å². The number of nitrogens with zero attached hydrogens (tertiary/aromatic N) is 1. The van der Waals surface area contributed by atoms with Gasteiger partial charge in [0.1, 0.15) is 0 Å². The average molecular weight is 267 g/mol. The van der Waals surface area contributed by atoms with Gasteiger partial charge < -0.3 is 4.74 Å². The van der Waals surface area contributed by atoms with Crippen LogP contribution in [0.4, 0.5) is 5.69 Å². The Hall–Kier alpha value is -2.00. The molecule has 1 heterocycles. The second kappa shape index (κ2) is 5.33. The van der Waals surface area contributed by atoms with Crippen LogP contribution in [0, 0.1) is 0 Å². The van der Waals surface area contributed by atoms with E-state index in [2.05, 4.69) is 23.2 Å². The van der Waals surface area contributed by atoms with E-state index in [1.165, 1.54) is 5.56 Å². The average Bonchev–Trinajstić information content (AvgIpc) is 2.67. The van der Waals surface area contributed by atoms with Gasteiger partial charge in [-0.3, -0.25) is 0 Å². The molecule has 19 heavy (non-hydrogen) atoms. The number of rotatable bonds is 1. The van der Waals surface area contributed by atoms with E-state index < -0.39 is 0 Å². The van der Waals surface area contributed by atoms with Crippen molar-refractivity contribution in [2.45, 2.75) is 4.90 Å². The molecule has 0 saturated carbocycles. The molecule has 0 aromatic heterocycles. The third kappa shape index (κ3) is 2.56. The quantitative estimate of drug-likeness (QED) is 0.758. The highest BCUT2D eigenvalue weighted by Gasteiger charge is 2.13. The Morgan fingerprint density at radius 3 is 2.47 bits per heavy atom. The first-order chi connectivity index (χ1) is 9.36. The van der Waals surface area contributed by atoms with Gasteiger partial charge in [0.2, 0.25) is 5.90 Å². The number of fused-ring (bicyclic) bond motifs is 1. The number of aliphatic imine (C=N–C) groups is 1. The normalized spacial score (nSPS) is 13.9. The summed E-state index contributed by atoms with van der Waals surface area (Å²) in [6.45, 7) is 0. The van der Waals surface area contributed by atoms with E-state index in [0.29, 0.717) is 5.90 Å². The second-order valence-corrected chi connectivity index (χ2v) is 5.18. The highest BCUT2D eigenvalue weighted by Crippen LogP contribution is 2.41. The van der Waals surface area contributed by atoms with Crippen LogP contribution in [0.5, 0.6) is 0 Å². The molecule has 1 aliphatic heterocycles. The minimum Gasteiger partial charge on any atom is -0.481 e. The number of methoxy groups -OCH3 is 1. The molecule has 0 spiro atoms. The largest absolute Gasteiger partial charge is 0.481 e. The molecule has 2 nitrogen and oxygen atoms in total. The molecule has 2 aromatic rings. The monoisotopic (exact) mass is 267 g/mol. The lowest BCUT2D eigenvalue weighted by Gasteiger charge is -2.06. The zero-order chi connectivity index (χ0) is 13.1. The van der Waals surface area contributed by atoms with Crippen LogP contribution >= 0.6 is 11.8 Å². The first-order valence-electron chi connectivity index (χ1n) is 6.03. The molecule has 0 atom stereocenters. The maximum Gasteiger partial charge on any atom is 0.214 e. The predicted molar refractivity (Wildman–Crippen MR) is 80.8 cm³/mol. The van der Waals surface area contributed by atoms with Crippen LogP contribution in [0.1, 0.15) is 5.56 Å². The van der Waals surface area contributed by atoms with E-state index in [1.54, 1.807) is 18.9 Å². The molecule has 0 aliphatic carbocycles. The van der Waals surface area contributed by atoms with E-state index in [-0.39, 0.29) is 0 Å². The molecular formula is C16H13NOS. The standard InChI is InChI=1S/C16H13NOS/c1-18-16-11-15(12-7-3-2-4-8-12)19-14-10-6-5-9-13(14)17-16/h2-11H,1H3. The Labute approximate surface area is 116 Å². The molecule has 1 aliphatic rings. The highest BCUT2D eigenvalue weighted by atomic mass is 32.2. The smallest absolute Gasteiger partial charge is 0.214 e. The van der Waals surface area contributed by atoms with Gasteiger partial charge in [-0.05, 0) is 17.7 Å². The third-order valence-corrected chi connectivity index (χ3v) is 3.98. The fourth-order valence-electron chi connectivity index (χ4n) is 1.90. The Balaban J connectivity index is 2.09. The first-order valence-corrected chi connectivity index (χ1v) is 6.85. The fourth-order valence-corrected chi connectivity index (χ4v) is 2.91. The van der Waals surface area contributed by atoms with Gasteiger partial charge in [0.05, 0.1) is 12.8 Å². The Kier molecular flexibility index (Phi) is 3.38. The summed E-state index contributed by atoms with van der Waals surface area (Å²) < 4.78 is 5.34. The molecule has 0 N–H and O–H groups in total. The molecule has 0 amide bonds. The van der Waals surface area contributed by atoms with E-state index in [9.17, 15) is 0 Å². The maximum absolute atomic E-state index is 5.34. The summed E-state index contributed by atoms with van der Waals surface area (Å²) in [6, 6.07) is 18.4. The van der Waals surface area contributed by atoms with Crippen molar-refractivity contribution in [1.82, 2.24) is 0 Å². The molecule has 3 rings (SSSR count). The van der Waals surface area contributed by atoms with Gasteiger partial charge in [-0.25, -0.2) is 4.99 Å². The van der Waals surface area contributed by atoms with Crippen LogP contribution < -0.4 is 0 Å². The van der Waals surface area contributed by atoms with Crippen LogP contribution in [0.3, 0.4) is 0 Å². The molecule has 94 valence electrons. The van der Waals surface area contributed by atoms with Crippen LogP contribution in [0.2, 0.25) is 0 Å². The summed E-state index contributed by atoms with van der Waals surface area (Å²) >= 11 is 1.72. The van der Waals surface area contributed by atoms with Crippen molar-refractivity contribution in [3.8, 4) is 0 Å². The molecule has 0 fully saturated rings. The van der Waals surface area contributed by atoms with E-state index in [4.69, 9.17) is 4.74 Å².